The minimum Gasteiger partial charge on any atom is -0.276 e. The van der Waals surface area contributed by atoms with Gasteiger partial charge in [-0.25, -0.2) is 0 Å². The number of hydrogen-bond donors (Lipinski definition) is 0. The number of halogens is 2. The smallest absolute Gasteiger partial charge is 0.262 e. The van der Waals surface area contributed by atoms with Crippen molar-refractivity contribution in [3.63, 3.8) is 0 Å². The number of anilines is 1. The predicted octanol–water partition coefficient (Wildman–Crippen LogP) is 6.77. The van der Waals surface area contributed by atoms with Crippen molar-refractivity contribution in [2.24, 2.45) is 0 Å². The Kier molecular flexibility index (Phi) is 5.08. The summed E-state index contributed by atoms with van der Waals surface area (Å²) in [5, 5.41) is 1.24. The van der Waals surface area contributed by atoms with Gasteiger partial charge in [0.15, 0.2) is 0 Å². The van der Waals surface area contributed by atoms with Crippen LogP contribution in [-0.2, 0) is 4.79 Å². The summed E-state index contributed by atoms with van der Waals surface area (Å²) in [5.74, 6) is -0.0841. The number of amides is 1. The molecule has 4 heteroatoms. The molecule has 0 atom stereocenters. The average molecular weight is 406 g/mol. The third-order valence-corrected chi connectivity index (χ3v) is 5.14. The van der Waals surface area contributed by atoms with Crippen molar-refractivity contribution in [3.8, 4) is 0 Å². The van der Waals surface area contributed by atoms with Crippen molar-refractivity contribution in [1.82, 2.24) is 0 Å². The third-order valence-electron chi connectivity index (χ3n) is 4.66. The number of aryl methyl sites for hydroxylation is 1. The molecule has 1 amide bonds. The molecule has 0 aliphatic carbocycles. The quantitative estimate of drug-likeness (QED) is 0.440. The van der Waals surface area contributed by atoms with Gasteiger partial charge in [0.2, 0.25) is 0 Å². The van der Waals surface area contributed by atoms with Gasteiger partial charge in [0.1, 0.15) is 0 Å². The van der Waals surface area contributed by atoms with Crippen LogP contribution in [0.5, 0.6) is 0 Å². The maximum Gasteiger partial charge on any atom is 0.262 e. The molecule has 0 saturated heterocycles. The summed E-state index contributed by atoms with van der Waals surface area (Å²) in [7, 11) is 0. The molecule has 0 bridgehead atoms. The molecule has 0 N–H and O–H groups in total. The Morgan fingerprint density at radius 3 is 2.25 bits per heavy atom. The summed E-state index contributed by atoms with van der Waals surface area (Å²) >= 11 is 12.3. The Labute approximate surface area is 174 Å². The first-order valence-electron chi connectivity index (χ1n) is 8.88. The molecular weight excluding hydrogens is 389 g/mol. The molecule has 138 valence electrons. The Balaban J connectivity index is 1.87. The fourth-order valence-corrected chi connectivity index (χ4v) is 3.53. The summed E-state index contributed by atoms with van der Waals surface area (Å²) in [6.45, 7) is 1.97. The van der Waals surface area contributed by atoms with Gasteiger partial charge in [-0.2, -0.15) is 0 Å². The van der Waals surface area contributed by atoms with Gasteiger partial charge in [-0.15, -0.1) is 0 Å². The number of carbonyl (C=O) groups excluding carboxylic acids is 1. The zero-order valence-electron chi connectivity index (χ0n) is 15.2. The van der Waals surface area contributed by atoms with Gasteiger partial charge < -0.3 is 0 Å². The van der Waals surface area contributed by atoms with E-state index in [-0.39, 0.29) is 5.91 Å². The molecule has 1 heterocycles. The second-order valence-electron chi connectivity index (χ2n) is 6.62. The second-order valence-corrected chi connectivity index (χ2v) is 7.49. The SMILES string of the molecule is Cc1ccc(Cl)cc1N1C(=O)/C(=C/c2ccccc2)C=C1c1ccc(Cl)cc1. The first kappa shape index (κ1) is 18.5. The van der Waals surface area contributed by atoms with E-state index in [1.165, 1.54) is 0 Å². The fourth-order valence-electron chi connectivity index (χ4n) is 3.24. The number of benzene rings is 3. The van der Waals surface area contributed by atoms with E-state index in [0.29, 0.717) is 15.6 Å². The van der Waals surface area contributed by atoms with Crippen molar-refractivity contribution in [2.75, 3.05) is 4.90 Å². The van der Waals surface area contributed by atoms with Crippen LogP contribution in [0.15, 0.2) is 84.4 Å². The Hall–Kier alpha value is -2.81. The highest BCUT2D eigenvalue weighted by Gasteiger charge is 2.31. The molecule has 3 aromatic carbocycles. The van der Waals surface area contributed by atoms with Gasteiger partial charge in [-0.3, -0.25) is 9.69 Å². The molecule has 4 rings (SSSR count). The van der Waals surface area contributed by atoms with Gasteiger partial charge in [0.25, 0.3) is 5.91 Å². The molecule has 1 aliphatic rings. The molecule has 0 radical (unpaired) electrons. The molecule has 1 aliphatic heterocycles. The molecule has 0 aromatic heterocycles. The maximum atomic E-state index is 13.4. The second kappa shape index (κ2) is 7.67. The van der Waals surface area contributed by atoms with Gasteiger partial charge in [0, 0.05) is 15.6 Å². The van der Waals surface area contributed by atoms with Gasteiger partial charge in [0.05, 0.1) is 11.4 Å². The van der Waals surface area contributed by atoms with E-state index >= 15 is 0 Å². The lowest BCUT2D eigenvalue weighted by Gasteiger charge is -2.23. The van der Waals surface area contributed by atoms with Crippen LogP contribution in [0.1, 0.15) is 16.7 Å². The zero-order chi connectivity index (χ0) is 19.7. The van der Waals surface area contributed by atoms with Crippen molar-refractivity contribution in [3.05, 3.63) is 111 Å². The Bertz CT molecular complexity index is 1100. The maximum absolute atomic E-state index is 13.4. The summed E-state index contributed by atoms with van der Waals surface area (Å²) in [4.78, 5) is 15.1. The van der Waals surface area contributed by atoms with Crippen LogP contribution < -0.4 is 4.90 Å². The third kappa shape index (κ3) is 3.62. The lowest BCUT2D eigenvalue weighted by atomic mass is 10.1. The number of nitrogens with zero attached hydrogens (tertiary/aromatic N) is 1. The highest BCUT2D eigenvalue weighted by atomic mass is 35.5. The molecule has 3 aromatic rings. The van der Waals surface area contributed by atoms with E-state index in [9.17, 15) is 4.79 Å². The summed E-state index contributed by atoms with van der Waals surface area (Å²) < 4.78 is 0. The molecule has 0 unspecified atom stereocenters. The van der Waals surface area contributed by atoms with Crippen LogP contribution in [0.3, 0.4) is 0 Å². The monoisotopic (exact) mass is 405 g/mol. The number of hydrogen-bond acceptors (Lipinski definition) is 1. The largest absolute Gasteiger partial charge is 0.276 e. The highest BCUT2D eigenvalue weighted by Crippen LogP contribution is 2.38. The van der Waals surface area contributed by atoms with Crippen molar-refractivity contribution in [2.45, 2.75) is 6.92 Å². The van der Waals surface area contributed by atoms with Gasteiger partial charge in [-0.05, 0) is 60.0 Å². The van der Waals surface area contributed by atoms with Crippen molar-refractivity contribution in [1.29, 1.82) is 0 Å². The molecular formula is C24H17Cl2NO. The van der Waals surface area contributed by atoms with E-state index in [1.807, 2.05) is 91.9 Å². The van der Waals surface area contributed by atoms with E-state index in [4.69, 9.17) is 23.2 Å². The van der Waals surface area contributed by atoms with E-state index < -0.39 is 0 Å². The summed E-state index contributed by atoms with van der Waals surface area (Å²) in [6.07, 6.45) is 3.82. The van der Waals surface area contributed by atoms with Crippen LogP contribution >= 0.6 is 23.2 Å². The van der Waals surface area contributed by atoms with Crippen molar-refractivity contribution < 1.29 is 4.79 Å². The number of rotatable bonds is 3. The van der Waals surface area contributed by atoms with Crippen molar-refractivity contribution >= 4 is 46.6 Å². The molecule has 0 spiro atoms. The lowest BCUT2D eigenvalue weighted by molar-refractivity contribution is -0.113. The van der Waals surface area contributed by atoms with Crippen LogP contribution in [-0.4, -0.2) is 5.91 Å². The summed E-state index contributed by atoms with van der Waals surface area (Å²) in [6, 6.07) is 22.9. The summed E-state index contributed by atoms with van der Waals surface area (Å²) in [5.41, 5.74) is 5.05. The van der Waals surface area contributed by atoms with Crippen LogP contribution in [0, 0.1) is 6.92 Å². The molecule has 28 heavy (non-hydrogen) atoms. The normalized spacial score (nSPS) is 15.2. The van der Waals surface area contributed by atoms with E-state index in [2.05, 4.69) is 0 Å². The Morgan fingerprint density at radius 2 is 1.54 bits per heavy atom. The average Bonchev–Trinajstić information content (AvgIpc) is 3.01. The van der Waals surface area contributed by atoms with E-state index in [1.54, 1.807) is 4.90 Å². The predicted molar refractivity (Wildman–Crippen MR) is 118 cm³/mol. The van der Waals surface area contributed by atoms with Gasteiger partial charge in [-0.1, -0.05) is 71.7 Å². The zero-order valence-corrected chi connectivity index (χ0v) is 16.7. The molecule has 0 saturated carbocycles. The minimum atomic E-state index is -0.0841. The lowest BCUT2D eigenvalue weighted by Crippen LogP contribution is -2.25. The van der Waals surface area contributed by atoms with Gasteiger partial charge >= 0.3 is 0 Å². The molecule has 2 nitrogen and oxygen atoms in total. The minimum absolute atomic E-state index is 0.0841. The topological polar surface area (TPSA) is 20.3 Å². The van der Waals surface area contributed by atoms with Crippen LogP contribution in [0.25, 0.3) is 11.8 Å². The first-order chi connectivity index (χ1) is 13.5. The van der Waals surface area contributed by atoms with E-state index in [0.717, 1.165) is 28.1 Å². The molecule has 0 fully saturated rings. The fraction of sp³-hybridized carbons (Fsp3) is 0.0417. The van der Waals surface area contributed by atoms with Crippen LogP contribution in [0.2, 0.25) is 10.0 Å². The number of carbonyl (C=O) groups is 1. The Morgan fingerprint density at radius 1 is 0.857 bits per heavy atom. The van der Waals surface area contributed by atoms with Crippen LogP contribution in [0.4, 0.5) is 5.69 Å². The highest BCUT2D eigenvalue weighted by molar-refractivity contribution is 6.31. The first-order valence-corrected chi connectivity index (χ1v) is 9.63. The standard InChI is InChI=1S/C24H17Cl2NO/c1-16-7-10-21(26)15-22(16)27-23(18-8-11-20(25)12-9-18)14-19(24(27)28)13-17-5-3-2-4-6-17/h2-15H,1H3/b19-13+.